The van der Waals surface area contributed by atoms with Crippen LogP contribution in [0.2, 0.25) is 0 Å². The zero-order valence-corrected chi connectivity index (χ0v) is 12.8. The summed E-state index contributed by atoms with van der Waals surface area (Å²) in [5.41, 5.74) is 1.05. The smallest absolute Gasteiger partial charge is 0.134 e. The average Bonchev–Trinajstić information content (AvgIpc) is 2.86. The predicted molar refractivity (Wildman–Crippen MR) is 81.2 cm³/mol. The van der Waals surface area contributed by atoms with Gasteiger partial charge >= 0.3 is 0 Å². The Morgan fingerprint density at radius 3 is 2.65 bits per heavy atom. The van der Waals surface area contributed by atoms with Crippen LogP contribution in [0.4, 0.5) is 0 Å². The van der Waals surface area contributed by atoms with Crippen LogP contribution in [0, 0.1) is 0 Å². The number of nitrogens with zero attached hydrogens (tertiary/aromatic N) is 1. The summed E-state index contributed by atoms with van der Waals surface area (Å²) in [4.78, 5) is 13.6. The molecule has 1 saturated heterocycles. The highest BCUT2D eigenvalue weighted by molar-refractivity contribution is 5.78. The first-order chi connectivity index (χ1) is 9.56. The van der Waals surface area contributed by atoms with E-state index in [1.54, 1.807) is 6.92 Å². The summed E-state index contributed by atoms with van der Waals surface area (Å²) in [6.07, 6.45) is 2.99. The number of Topliss-reactive ketones (excluding diaryl/α,β-unsaturated/α-hetero) is 1. The largest absolute Gasteiger partial charge is 0.492 e. The van der Waals surface area contributed by atoms with Gasteiger partial charge in [0.2, 0.25) is 0 Å². The number of carbonyl (C=O) groups is 1. The maximum absolute atomic E-state index is 11.1. The van der Waals surface area contributed by atoms with Crippen molar-refractivity contribution >= 4 is 5.78 Å². The molecule has 0 unspecified atom stereocenters. The second-order valence-electron chi connectivity index (χ2n) is 5.96. The first-order valence-electron chi connectivity index (χ1n) is 7.53. The third-order valence-electron chi connectivity index (χ3n) is 3.90. The molecule has 20 heavy (non-hydrogen) atoms. The molecule has 3 heteroatoms. The topological polar surface area (TPSA) is 29.5 Å². The predicted octanol–water partition coefficient (Wildman–Crippen LogP) is 3.07. The van der Waals surface area contributed by atoms with Gasteiger partial charge in [0, 0.05) is 18.5 Å². The van der Waals surface area contributed by atoms with Gasteiger partial charge in [0.1, 0.15) is 18.1 Å². The first-order valence-corrected chi connectivity index (χ1v) is 7.53. The molecular formula is C17H25NO2. The quantitative estimate of drug-likeness (QED) is 0.799. The molecule has 0 saturated carbocycles. The van der Waals surface area contributed by atoms with Crippen LogP contribution in [-0.2, 0) is 11.2 Å². The number of rotatable bonds is 6. The van der Waals surface area contributed by atoms with Crippen LogP contribution < -0.4 is 4.74 Å². The molecule has 1 aromatic rings. The molecule has 1 fully saturated rings. The second kappa shape index (κ2) is 6.89. The van der Waals surface area contributed by atoms with Gasteiger partial charge in [-0.05, 0) is 57.9 Å². The molecule has 1 aliphatic heterocycles. The van der Waals surface area contributed by atoms with Crippen molar-refractivity contribution in [3.05, 3.63) is 29.8 Å². The fourth-order valence-corrected chi connectivity index (χ4v) is 2.90. The van der Waals surface area contributed by atoms with Crippen LogP contribution in [0.1, 0.15) is 39.2 Å². The van der Waals surface area contributed by atoms with Crippen molar-refractivity contribution in [3.63, 3.8) is 0 Å². The SMILES string of the molecule is CC(=O)Cc1ccc(OC[C@@H]2CCCN2C(C)C)cc1. The number of hydrogen-bond acceptors (Lipinski definition) is 3. The molecule has 3 nitrogen and oxygen atoms in total. The van der Waals surface area contributed by atoms with Crippen LogP contribution >= 0.6 is 0 Å². The van der Waals surface area contributed by atoms with E-state index in [9.17, 15) is 4.79 Å². The van der Waals surface area contributed by atoms with Gasteiger partial charge in [-0.15, -0.1) is 0 Å². The lowest BCUT2D eigenvalue weighted by Gasteiger charge is -2.28. The molecule has 0 bridgehead atoms. The summed E-state index contributed by atoms with van der Waals surface area (Å²) >= 11 is 0. The minimum atomic E-state index is 0.192. The van der Waals surface area contributed by atoms with Gasteiger partial charge in [-0.3, -0.25) is 9.69 Å². The van der Waals surface area contributed by atoms with E-state index in [1.165, 1.54) is 19.4 Å². The molecule has 0 amide bonds. The van der Waals surface area contributed by atoms with Crippen molar-refractivity contribution in [2.75, 3.05) is 13.2 Å². The minimum Gasteiger partial charge on any atom is -0.492 e. The Morgan fingerprint density at radius 1 is 1.35 bits per heavy atom. The molecule has 1 heterocycles. The summed E-state index contributed by atoms with van der Waals surface area (Å²) in [7, 11) is 0. The summed E-state index contributed by atoms with van der Waals surface area (Å²) < 4.78 is 5.90. The van der Waals surface area contributed by atoms with Gasteiger partial charge in [0.25, 0.3) is 0 Å². The molecular weight excluding hydrogens is 250 g/mol. The number of ether oxygens (including phenoxy) is 1. The lowest BCUT2D eigenvalue weighted by Crippen LogP contribution is -2.39. The van der Waals surface area contributed by atoms with Gasteiger partial charge in [-0.1, -0.05) is 12.1 Å². The van der Waals surface area contributed by atoms with Crippen molar-refractivity contribution < 1.29 is 9.53 Å². The van der Waals surface area contributed by atoms with Crippen molar-refractivity contribution in [2.24, 2.45) is 0 Å². The number of ketones is 1. The number of likely N-dealkylation sites (tertiary alicyclic amines) is 1. The standard InChI is InChI=1S/C17H25NO2/c1-13(2)18-10-4-5-16(18)12-20-17-8-6-15(7-9-17)11-14(3)19/h6-9,13,16H,4-5,10-12H2,1-3H3/t16-/m0/s1. The van der Waals surface area contributed by atoms with Crippen LogP contribution in [0.15, 0.2) is 24.3 Å². The van der Waals surface area contributed by atoms with E-state index in [2.05, 4.69) is 18.7 Å². The third-order valence-corrected chi connectivity index (χ3v) is 3.90. The Hall–Kier alpha value is -1.35. The van der Waals surface area contributed by atoms with Crippen LogP contribution in [0.25, 0.3) is 0 Å². The van der Waals surface area contributed by atoms with E-state index in [-0.39, 0.29) is 5.78 Å². The Bertz CT molecular complexity index is 439. The third kappa shape index (κ3) is 4.07. The zero-order chi connectivity index (χ0) is 14.5. The highest BCUT2D eigenvalue weighted by Crippen LogP contribution is 2.21. The van der Waals surface area contributed by atoms with Crippen molar-refractivity contribution in [1.82, 2.24) is 4.90 Å². The van der Waals surface area contributed by atoms with E-state index < -0.39 is 0 Å². The fraction of sp³-hybridized carbons (Fsp3) is 0.588. The van der Waals surface area contributed by atoms with Gasteiger partial charge in [-0.2, -0.15) is 0 Å². The van der Waals surface area contributed by atoms with Crippen molar-refractivity contribution in [1.29, 1.82) is 0 Å². The van der Waals surface area contributed by atoms with Gasteiger partial charge in [-0.25, -0.2) is 0 Å². The normalized spacial score (nSPS) is 19.5. The van der Waals surface area contributed by atoms with E-state index in [0.717, 1.165) is 17.9 Å². The van der Waals surface area contributed by atoms with Crippen LogP contribution in [0.3, 0.4) is 0 Å². The molecule has 1 atom stereocenters. The Labute approximate surface area is 121 Å². The molecule has 0 radical (unpaired) electrons. The molecule has 0 aromatic heterocycles. The minimum absolute atomic E-state index is 0.192. The Kier molecular flexibility index (Phi) is 5.18. The number of benzene rings is 1. The summed E-state index contributed by atoms with van der Waals surface area (Å²) in [5, 5.41) is 0. The van der Waals surface area contributed by atoms with E-state index >= 15 is 0 Å². The summed E-state index contributed by atoms with van der Waals surface area (Å²) in [6, 6.07) is 9.01. The Morgan fingerprint density at radius 2 is 2.05 bits per heavy atom. The van der Waals surface area contributed by atoms with Crippen molar-refractivity contribution in [2.45, 2.75) is 52.1 Å². The highest BCUT2D eigenvalue weighted by atomic mass is 16.5. The number of hydrogen-bond donors (Lipinski definition) is 0. The summed E-state index contributed by atoms with van der Waals surface area (Å²) in [5.74, 6) is 1.09. The highest BCUT2D eigenvalue weighted by Gasteiger charge is 2.26. The maximum Gasteiger partial charge on any atom is 0.134 e. The molecule has 0 N–H and O–H groups in total. The zero-order valence-electron chi connectivity index (χ0n) is 12.8. The maximum atomic E-state index is 11.1. The van der Waals surface area contributed by atoms with Gasteiger partial charge in [0.15, 0.2) is 0 Å². The van der Waals surface area contributed by atoms with Gasteiger partial charge < -0.3 is 4.74 Å². The molecule has 1 aromatic carbocycles. The molecule has 0 aliphatic carbocycles. The average molecular weight is 275 g/mol. The first kappa shape index (κ1) is 15.0. The van der Waals surface area contributed by atoms with E-state index in [0.29, 0.717) is 18.5 Å². The molecule has 2 rings (SSSR count). The molecule has 1 aliphatic rings. The molecule has 0 spiro atoms. The molecule has 110 valence electrons. The van der Waals surface area contributed by atoms with Gasteiger partial charge in [0.05, 0.1) is 0 Å². The van der Waals surface area contributed by atoms with E-state index in [1.807, 2.05) is 24.3 Å². The summed E-state index contributed by atoms with van der Waals surface area (Å²) in [6.45, 7) is 8.04. The van der Waals surface area contributed by atoms with Crippen LogP contribution in [0.5, 0.6) is 5.75 Å². The lowest BCUT2D eigenvalue weighted by atomic mass is 10.1. The van der Waals surface area contributed by atoms with E-state index in [4.69, 9.17) is 4.74 Å². The lowest BCUT2D eigenvalue weighted by molar-refractivity contribution is -0.116. The second-order valence-corrected chi connectivity index (χ2v) is 5.96. The monoisotopic (exact) mass is 275 g/mol. The van der Waals surface area contributed by atoms with Crippen molar-refractivity contribution in [3.8, 4) is 5.75 Å². The Balaban J connectivity index is 1.86. The fourth-order valence-electron chi connectivity index (χ4n) is 2.90. The van der Waals surface area contributed by atoms with Crippen LogP contribution in [-0.4, -0.2) is 35.9 Å². The number of carbonyl (C=O) groups excluding carboxylic acids is 1.